The zero-order chi connectivity index (χ0) is 24.3. The van der Waals surface area contributed by atoms with Crippen molar-refractivity contribution >= 4 is 17.7 Å². The molecule has 8 nitrogen and oxygen atoms in total. The highest BCUT2D eigenvalue weighted by molar-refractivity contribution is 5.99. The number of hydrogen-bond acceptors (Lipinski definition) is 7. The Morgan fingerprint density at radius 2 is 2.12 bits per heavy atom. The summed E-state index contributed by atoms with van der Waals surface area (Å²) in [6, 6.07) is 8.93. The number of carbonyl (C=O) groups excluding carboxylic acids is 1. The van der Waals surface area contributed by atoms with Crippen LogP contribution in [0.15, 0.2) is 64.4 Å². The summed E-state index contributed by atoms with van der Waals surface area (Å²) in [5.41, 5.74) is 2.08. The number of halogens is 3. The van der Waals surface area contributed by atoms with Crippen LogP contribution in [0.3, 0.4) is 0 Å². The molecule has 4 rings (SSSR count). The molecule has 2 atom stereocenters. The summed E-state index contributed by atoms with van der Waals surface area (Å²) in [6.07, 6.45) is -1.07. The van der Waals surface area contributed by atoms with Gasteiger partial charge < -0.3 is 14.2 Å². The summed E-state index contributed by atoms with van der Waals surface area (Å²) in [7, 11) is 0. The second kappa shape index (κ2) is 9.34. The van der Waals surface area contributed by atoms with Crippen LogP contribution in [0.25, 0.3) is 16.8 Å². The molecule has 0 radical (unpaired) electrons. The minimum Gasteiger partial charge on any atom is -0.462 e. The molecule has 1 aliphatic heterocycles. The summed E-state index contributed by atoms with van der Waals surface area (Å²) < 4.78 is 45.4. The number of nitrogens with zero attached hydrogens (tertiary/aromatic N) is 5. The first-order valence-corrected chi connectivity index (χ1v) is 10.6. The monoisotopic (exact) mass is 473 g/mol. The van der Waals surface area contributed by atoms with E-state index < -0.39 is 30.2 Å². The van der Waals surface area contributed by atoms with Crippen molar-refractivity contribution in [1.82, 2.24) is 9.38 Å². The molecular formula is C23H22F3N5O3. The van der Waals surface area contributed by atoms with Gasteiger partial charge in [-0.2, -0.15) is 18.3 Å². The number of rotatable bonds is 8. The Morgan fingerprint density at radius 1 is 1.29 bits per heavy atom. The average molecular weight is 473 g/mol. The molecule has 0 amide bonds. The average Bonchev–Trinajstić information content (AvgIpc) is 3.42. The van der Waals surface area contributed by atoms with E-state index in [-0.39, 0.29) is 19.4 Å². The van der Waals surface area contributed by atoms with Crippen LogP contribution in [-0.2, 0) is 11.2 Å². The van der Waals surface area contributed by atoms with Gasteiger partial charge in [-0.25, -0.2) is 4.79 Å². The van der Waals surface area contributed by atoms with Crippen LogP contribution in [0.5, 0.6) is 0 Å². The molecule has 34 heavy (non-hydrogen) atoms. The normalized spacial score (nSPS) is 18.5. The lowest BCUT2D eigenvalue weighted by molar-refractivity contribution is -0.206. The first-order valence-electron chi connectivity index (χ1n) is 10.6. The summed E-state index contributed by atoms with van der Waals surface area (Å²) in [6.45, 7) is 1.95. The van der Waals surface area contributed by atoms with Crippen molar-refractivity contribution in [3.63, 3.8) is 0 Å². The standard InChI is InChI=1S/C23H22F3N5O3/c1-2-34-21(33)18-11-17-10-15(6-9-31(17)20(18)16-4-3-8-27-13-16)12-22(14-28-30-29-22)7-5-19(32)23(24,25)26/h3-4,6,8-11,13-14,19,32H,2,5,7,12H2,1H3. The molecule has 3 aromatic rings. The Morgan fingerprint density at radius 3 is 2.76 bits per heavy atom. The van der Waals surface area contributed by atoms with Crippen molar-refractivity contribution < 1.29 is 27.8 Å². The summed E-state index contributed by atoms with van der Waals surface area (Å²) in [5, 5.41) is 20.8. The number of pyridine rings is 2. The van der Waals surface area contributed by atoms with Crippen LogP contribution < -0.4 is 0 Å². The fraction of sp³-hybridized carbons (Fsp3) is 0.348. The molecular weight excluding hydrogens is 451 g/mol. The molecule has 11 heteroatoms. The zero-order valence-corrected chi connectivity index (χ0v) is 18.2. The largest absolute Gasteiger partial charge is 0.462 e. The van der Waals surface area contributed by atoms with Crippen LogP contribution in [0.4, 0.5) is 13.2 Å². The lowest BCUT2D eigenvalue weighted by Crippen LogP contribution is -2.35. The van der Waals surface area contributed by atoms with E-state index in [1.165, 1.54) is 6.21 Å². The molecule has 0 bridgehead atoms. The van der Waals surface area contributed by atoms with E-state index in [4.69, 9.17) is 4.74 Å². The quantitative estimate of drug-likeness (QED) is 0.483. The fourth-order valence-corrected chi connectivity index (χ4v) is 3.96. The molecule has 0 spiro atoms. The predicted octanol–water partition coefficient (Wildman–Crippen LogP) is 4.61. The number of aliphatic hydroxyl groups is 1. The molecule has 0 aromatic carbocycles. The van der Waals surface area contributed by atoms with Gasteiger partial charge in [0.05, 0.1) is 24.1 Å². The van der Waals surface area contributed by atoms with E-state index in [1.807, 2.05) is 16.5 Å². The van der Waals surface area contributed by atoms with Crippen LogP contribution in [0.2, 0.25) is 0 Å². The van der Waals surface area contributed by atoms with Crippen molar-refractivity contribution in [3.8, 4) is 11.3 Å². The molecule has 0 saturated carbocycles. The van der Waals surface area contributed by atoms with Crippen molar-refractivity contribution in [2.75, 3.05) is 6.61 Å². The molecule has 0 aliphatic carbocycles. The van der Waals surface area contributed by atoms with Gasteiger partial charge in [0.15, 0.2) is 0 Å². The third-order valence-corrected chi connectivity index (χ3v) is 5.60. The number of aliphatic hydroxyl groups excluding tert-OH is 1. The Kier molecular flexibility index (Phi) is 6.47. The van der Waals surface area contributed by atoms with Gasteiger partial charge in [-0.05, 0) is 60.9 Å². The summed E-state index contributed by atoms with van der Waals surface area (Å²) >= 11 is 0. The maximum atomic E-state index is 12.8. The number of ether oxygens (including phenoxy) is 1. The van der Waals surface area contributed by atoms with Gasteiger partial charge in [0.25, 0.3) is 0 Å². The first kappa shape index (κ1) is 23.6. The number of esters is 1. The number of alkyl halides is 3. The maximum absolute atomic E-state index is 12.8. The second-order valence-electron chi connectivity index (χ2n) is 8.01. The van der Waals surface area contributed by atoms with Gasteiger partial charge in [0.1, 0.15) is 11.6 Å². The van der Waals surface area contributed by atoms with Gasteiger partial charge in [-0.15, -0.1) is 5.10 Å². The van der Waals surface area contributed by atoms with Crippen molar-refractivity contribution in [1.29, 1.82) is 0 Å². The molecule has 1 aliphatic rings. The topological polar surface area (TPSA) is 101 Å². The Balaban J connectivity index is 1.67. The molecule has 2 unspecified atom stereocenters. The van der Waals surface area contributed by atoms with E-state index in [0.29, 0.717) is 16.8 Å². The van der Waals surface area contributed by atoms with Gasteiger partial charge in [-0.1, -0.05) is 0 Å². The van der Waals surface area contributed by atoms with Crippen molar-refractivity contribution in [2.24, 2.45) is 15.4 Å². The smallest absolute Gasteiger partial charge is 0.414 e. The lowest BCUT2D eigenvalue weighted by atomic mass is 9.87. The lowest BCUT2D eigenvalue weighted by Gasteiger charge is -2.23. The molecule has 0 fully saturated rings. The van der Waals surface area contributed by atoms with Crippen LogP contribution in [0.1, 0.15) is 35.7 Å². The third-order valence-electron chi connectivity index (χ3n) is 5.60. The van der Waals surface area contributed by atoms with Crippen LogP contribution in [0, 0.1) is 0 Å². The predicted molar refractivity (Wildman–Crippen MR) is 118 cm³/mol. The Hall–Kier alpha value is -3.60. The van der Waals surface area contributed by atoms with Gasteiger partial charge in [0, 0.05) is 36.1 Å². The Bertz CT molecular complexity index is 1230. The highest BCUT2D eigenvalue weighted by Gasteiger charge is 2.41. The zero-order valence-electron chi connectivity index (χ0n) is 18.2. The van der Waals surface area contributed by atoms with Crippen LogP contribution in [-0.4, -0.2) is 51.1 Å². The third kappa shape index (κ3) is 4.84. The molecule has 3 aromatic heterocycles. The van der Waals surface area contributed by atoms with E-state index in [1.54, 1.807) is 43.7 Å². The minimum absolute atomic E-state index is 0.0815. The fourth-order valence-electron chi connectivity index (χ4n) is 3.96. The molecule has 178 valence electrons. The van der Waals surface area contributed by atoms with Gasteiger partial charge in [-0.3, -0.25) is 4.98 Å². The van der Waals surface area contributed by atoms with E-state index in [9.17, 15) is 23.1 Å². The number of hydrogen-bond donors (Lipinski definition) is 1. The molecule has 1 N–H and O–H groups in total. The van der Waals surface area contributed by atoms with Gasteiger partial charge in [0.2, 0.25) is 0 Å². The first-order chi connectivity index (χ1) is 16.2. The summed E-state index contributed by atoms with van der Waals surface area (Å²) in [4.78, 5) is 16.8. The number of fused-ring (bicyclic) bond motifs is 1. The highest BCUT2D eigenvalue weighted by atomic mass is 19.4. The van der Waals surface area contributed by atoms with E-state index in [2.05, 4.69) is 20.4 Å². The molecule has 0 saturated heterocycles. The molecule has 4 heterocycles. The van der Waals surface area contributed by atoms with E-state index in [0.717, 1.165) is 11.1 Å². The number of carbonyl (C=O) groups is 1. The number of aromatic nitrogens is 2. The second-order valence-corrected chi connectivity index (χ2v) is 8.01. The van der Waals surface area contributed by atoms with E-state index >= 15 is 0 Å². The van der Waals surface area contributed by atoms with Crippen molar-refractivity contribution in [2.45, 2.75) is 44.0 Å². The van der Waals surface area contributed by atoms with Gasteiger partial charge >= 0.3 is 12.1 Å². The van der Waals surface area contributed by atoms with Crippen molar-refractivity contribution in [3.05, 3.63) is 60.0 Å². The summed E-state index contributed by atoms with van der Waals surface area (Å²) in [5.74, 6) is -0.471. The Labute approximate surface area is 192 Å². The minimum atomic E-state index is -4.70. The highest BCUT2D eigenvalue weighted by Crippen LogP contribution is 2.33. The SMILES string of the molecule is CCOC(=O)c1cc2cc(CC3(CCC(O)C(F)(F)F)C=NN=N3)ccn2c1-c1cccnc1. The van der Waals surface area contributed by atoms with Crippen LogP contribution >= 0.6 is 0 Å². The maximum Gasteiger partial charge on any atom is 0.414 e.